The molecule has 1 unspecified atom stereocenters. The summed E-state index contributed by atoms with van der Waals surface area (Å²) >= 11 is 0. The largest absolute Gasteiger partial charge is 0.381 e. The first-order valence-electron chi connectivity index (χ1n) is 8.87. The molecule has 0 radical (unpaired) electrons. The van der Waals surface area contributed by atoms with Crippen LogP contribution in [-0.2, 0) is 4.74 Å². The lowest BCUT2D eigenvalue weighted by molar-refractivity contribution is 0.0234. The molecule has 0 saturated carbocycles. The molecule has 0 aliphatic carbocycles. The van der Waals surface area contributed by atoms with Crippen molar-refractivity contribution in [3.8, 4) is 5.69 Å². The molecule has 128 valence electrons. The average Bonchev–Trinajstić information content (AvgIpc) is 3.05. The van der Waals surface area contributed by atoms with Crippen LogP contribution < -0.4 is 5.69 Å². The number of hydrogen-bond donors (Lipinski definition) is 1. The predicted molar refractivity (Wildman–Crippen MR) is 91.6 cm³/mol. The van der Waals surface area contributed by atoms with Gasteiger partial charge in [0.1, 0.15) is 5.82 Å². The van der Waals surface area contributed by atoms with E-state index in [-0.39, 0.29) is 5.69 Å². The highest BCUT2D eigenvalue weighted by atomic mass is 16.5. The highest BCUT2D eigenvalue weighted by Gasteiger charge is 2.30. The van der Waals surface area contributed by atoms with Crippen LogP contribution in [0.4, 0.5) is 0 Å². The first-order valence-corrected chi connectivity index (χ1v) is 8.87. The van der Waals surface area contributed by atoms with Gasteiger partial charge in [0.15, 0.2) is 0 Å². The summed E-state index contributed by atoms with van der Waals surface area (Å²) in [6.45, 7) is 3.84. The Kier molecular flexibility index (Phi) is 4.49. The fourth-order valence-corrected chi connectivity index (χ4v) is 4.01. The third-order valence-electron chi connectivity index (χ3n) is 5.24. The van der Waals surface area contributed by atoms with Crippen LogP contribution in [0.1, 0.15) is 37.4 Å². The van der Waals surface area contributed by atoms with Gasteiger partial charge in [0, 0.05) is 31.7 Å². The van der Waals surface area contributed by atoms with Gasteiger partial charge in [0.2, 0.25) is 0 Å². The lowest BCUT2D eigenvalue weighted by atomic mass is 9.94. The number of likely N-dealkylation sites (tertiary alicyclic amines) is 1. The predicted octanol–water partition coefficient (Wildman–Crippen LogP) is 1.92. The van der Waals surface area contributed by atoms with E-state index in [2.05, 4.69) is 15.1 Å². The van der Waals surface area contributed by atoms with Crippen molar-refractivity contribution in [1.82, 2.24) is 19.7 Å². The van der Waals surface area contributed by atoms with Gasteiger partial charge in [-0.3, -0.25) is 4.90 Å². The lowest BCUT2D eigenvalue weighted by Gasteiger charge is -2.39. The zero-order chi connectivity index (χ0) is 16.4. The molecule has 1 aromatic heterocycles. The van der Waals surface area contributed by atoms with Gasteiger partial charge in [0.25, 0.3) is 0 Å². The van der Waals surface area contributed by atoms with Crippen LogP contribution in [0.15, 0.2) is 35.1 Å². The number of ether oxygens (including phenoxy) is 1. The van der Waals surface area contributed by atoms with Crippen LogP contribution in [0.25, 0.3) is 5.69 Å². The van der Waals surface area contributed by atoms with Crippen LogP contribution in [0.2, 0.25) is 0 Å². The number of para-hydroxylation sites is 1. The number of H-pyrrole nitrogens is 1. The smallest absolute Gasteiger partial charge is 0.347 e. The standard InChI is InChI=1S/C18H24N4O2/c23-18-20-19-17(22(18)16-6-2-1-3-7-16)14-5-4-10-21(13-14)15-8-11-24-12-9-15/h1-3,6-7,14-15H,4-5,8-13H2,(H,20,23). The highest BCUT2D eigenvalue weighted by Crippen LogP contribution is 2.29. The van der Waals surface area contributed by atoms with Crippen LogP contribution >= 0.6 is 0 Å². The van der Waals surface area contributed by atoms with Crippen molar-refractivity contribution >= 4 is 0 Å². The molecule has 3 heterocycles. The molecule has 2 aromatic rings. The molecule has 0 spiro atoms. The highest BCUT2D eigenvalue weighted by molar-refractivity contribution is 5.32. The number of benzene rings is 1. The maximum Gasteiger partial charge on any atom is 0.347 e. The molecule has 2 aliphatic heterocycles. The third-order valence-corrected chi connectivity index (χ3v) is 5.24. The van der Waals surface area contributed by atoms with Gasteiger partial charge < -0.3 is 4.74 Å². The molecular formula is C18H24N4O2. The molecule has 24 heavy (non-hydrogen) atoms. The Bertz CT molecular complexity index is 718. The zero-order valence-corrected chi connectivity index (χ0v) is 13.9. The second-order valence-corrected chi connectivity index (χ2v) is 6.74. The molecule has 0 amide bonds. The number of rotatable bonds is 3. The van der Waals surface area contributed by atoms with E-state index in [1.54, 1.807) is 4.57 Å². The summed E-state index contributed by atoms with van der Waals surface area (Å²) < 4.78 is 7.23. The fourth-order valence-electron chi connectivity index (χ4n) is 4.01. The summed E-state index contributed by atoms with van der Waals surface area (Å²) in [5.41, 5.74) is 0.730. The number of hydrogen-bond acceptors (Lipinski definition) is 4. The summed E-state index contributed by atoms with van der Waals surface area (Å²) in [6.07, 6.45) is 4.45. The van der Waals surface area contributed by atoms with Crippen molar-refractivity contribution < 1.29 is 4.74 Å². The van der Waals surface area contributed by atoms with E-state index in [1.165, 1.54) is 0 Å². The number of nitrogens with one attached hydrogen (secondary N) is 1. The first-order chi connectivity index (χ1) is 11.8. The zero-order valence-electron chi connectivity index (χ0n) is 13.9. The van der Waals surface area contributed by atoms with Crippen LogP contribution in [0, 0.1) is 0 Å². The molecule has 2 aliphatic rings. The normalized spacial score (nSPS) is 23.4. The molecule has 1 atom stereocenters. The van der Waals surface area contributed by atoms with Gasteiger partial charge in [-0.25, -0.2) is 14.5 Å². The summed E-state index contributed by atoms with van der Waals surface area (Å²) in [4.78, 5) is 14.9. The van der Waals surface area contributed by atoms with Gasteiger partial charge in [-0.2, -0.15) is 5.10 Å². The number of piperidine rings is 1. The van der Waals surface area contributed by atoms with Crippen molar-refractivity contribution in [2.24, 2.45) is 0 Å². The quantitative estimate of drug-likeness (QED) is 0.935. The molecular weight excluding hydrogens is 304 g/mol. The van der Waals surface area contributed by atoms with E-state index in [0.717, 1.165) is 63.5 Å². The second kappa shape index (κ2) is 6.91. The van der Waals surface area contributed by atoms with E-state index in [4.69, 9.17) is 4.74 Å². The van der Waals surface area contributed by atoms with Crippen LogP contribution in [-0.4, -0.2) is 52.0 Å². The Morgan fingerprint density at radius 3 is 2.71 bits per heavy atom. The van der Waals surface area contributed by atoms with E-state index in [1.807, 2.05) is 30.3 Å². The molecule has 1 N–H and O–H groups in total. The van der Waals surface area contributed by atoms with E-state index in [0.29, 0.717) is 12.0 Å². The molecule has 4 rings (SSSR count). The topological polar surface area (TPSA) is 63.1 Å². The summed E-state index contributed by atoms with van der Waals surface area (Å²) in [5.74, 6) is 1.16. The molecule has 0 bridgehead atoms. The maximum atomic E-state index is 12.3. The number of nitrogens with zero attached hydrogens (tertiary/aromatic N) is 3. The molecule has 6 nitrogen and oxygen atoms in total. The Hall–Kier alpha value is -1.92. The van der Waals surface area contributed by atoms with Gasteiger partial charge in [-0.15, -0.1) is 0 Å². The second-order valence-electron chi connectivity index (χ2n) is 6.74. The van der Waals surface area contributed by atoms with E-state index >= 15 is 0 Å². The van der Waals surface area contributed by atoms with Gasteiger partial charge >= 0.3 is 5.69 Å². The SMILES string of the molecule is O=c1[nH]nc(C2CCCN(C3CCOCC3)C2)n1-c1ccccc1. The number of aromatic amines is 1. The fraction of sp³-hybridized carbons (Fsp3) is 0.556. The van der Waals surface area contributed by atoms with E-state index < -0.39 is 0 Å². The lowest BCUT2D eigenvalue weighted by Crippen LogP contribution is -2.45. The first kappa shape index (κ1) is 15.6. The molecule has 1 aromatic carbocycles. The average molecular weight is 328 g/mol. The Morgan fingerprint density at radius 1 is 1.12 bits per heavy atom. The van der Waals surface area contributed by atoms with Crippen molar-refractivity contribution in [1.29, 1.82) is 0 Å². The summed E-state index contributed by atoms with van der Waals surface area (Å²) in [7, 11) is 0. The van der Waals surface area contributed by atoms with Gasteiger partial charge in [0.05, 0.1) is 5.69 Å². The molecule has 2 fully saturated rings. The number of aromatic nitrogens is 3. The maximum absolute atomic E-state index is 12.3. The molecule has 2 saturated heterocycles. The third kappa shape index (κ3) is 3.03. The minimum atomic E-state index is -0.153. The van der Waals surface area contributed by atoms with Crippen molar-refractivity contribution in [3.63, 3.8) is 0 Å². The van der Waals surface area contributed by atoms with Gasteiger partial charge in [-0.05, 0) is 44.4 Å². The van der Waals surface area contributed by atoms with Gasteiger partial charge in [-0.1, -0.05) is 18.2 Å². The Balaban J connectivity index is 1.59. The Morgan fingerprint density at radius 2 is 1.92 bits per heavy atom. The Labute approximate surface area is 141 Å². The van der Waals surface area contributed by atoms with Crippen molar-refractivity contribution in [2.75, 3.05) is 26.3 Å². The monoisotopic (exact) mass is 328 g/mol. The minimum Gasteiger partial charge on any atom is -0.381 e. The van der Waals surface area contributed by atoms with E-state index in [9.17, 15) is 4.79 Å². The summed E-state index contributed by atoms with van der Waals surface area (Å²) in [6, 6.07) is 10.4. The van der Waals surface area contributed by atoms with Crippen molar-refractivity contribution in [2.45, 2.75) is 37.6 Å². The van der Waals surface area contributed by atoms with Crippen LogP contribution in [0.3, 0.4) is 0 Å². The van der Waals surface area contributed by atoms with Crippen molar-refractivity contribution in [3.05, 3.63) is 46.6 Å². The van der Waals surface area contributed by atoms with Crippen LogP contribution in [0.5, 0.6) is 0 Å². The summed E-state index contributed by atoms with van der Waals surface area (Å²) in [5, 5.41) is 7.02. The minimum absolute atomic E-state index is 0.153. The molecule has 6 heteroatoms.